The number of nitrogens with one attached hydrogen (secondary N) is 1. The van der Waals surface area contributed by atoms with E-state index in [0.717, 1.165) is 48.4 Å². The molecule has 1 aliphatic heterocycles. The molecular weight excluding hydrogens is 326 g/mol. The molecule has 0 saturated carbocycles. The Hall–Kier alpha value is -3.00. The minimum atomic E-state index is -0.891. The number of anilines is 2. The predicted octanol–water partition coefficient (Wildman–Crippen LogP) is 3.95. The summed E-state index contributed by atoms with van der Waals surface area (Å²) in [5, 5.41) is 21.9. The molecule has 1 aliphatic rings. The average Bonchev–Trinajstić information content (AvgIpc) is 2.64. The first-order valence-electron chi connectivity index (χ1n) is 8.84. The highest BCUT2D eigenvalue weighted by molar-refractivity contribution is 5.91. The Labute approximate surface area is 153 Å². The lowest BCUT2D eigenvalue weighted by Crippen LogP contribution is -2.39. The maximum absolute atomic E-state index is 11.4. The van der Waals surface area contributed by atoms with Gasteiger partial charge in [-0.3, -0.25) is 0 Å². The second-order valence-electron chi connectivity index (χ2n) is 6.85. The molecule has 2 aromatic rings. The molecule has 0 unspecified atom stereocenters. The van der Waals surface area contributed by atoms with Crippen molar-refractivity contribution in [3.63, 3.8) is 0 Å². The van der Waals surface area contributed by atoms with Gasteiger partial charge in [0.15, 0.2) is 0 Å². The van der Waals surface area contributed by atoms with E-state index in [-0.39, 0.29) is 0 Å². The number of benzene rings is 2. The van der Waals surface area contributed by atoms with Crippen molar-refractivity contribution in [2.75, 3.05) is 23.3 Å². The van der Waals surface area contributed by atoms with Crippen molar-refractivity contribution in [1.29, 1.82) is 5.26 Å². The third-order valence-electron chi connectivity index (χ3n) is 5.00. The molecule has 0 aliphatic carbocycles. The molecule has 5 heteroatoms. The van der Waals surface area contributed by atoms with Crippen LogP contribution in [0.4, 0.5) is 11.4 Å². The first-order valence-corrected chi connectivity index (χ1v) is 8.84. The van der Waals surface area contributed by atoms with E-state index in [1.54, 1.807) is 6.07 Å². The Morgan fingerprint density at radius 3 is 2.58 bits per heavy atom. The summed E-state index contributed by atoms with van der Waals surface area (Å²) in [6.07, 6.45) is 1.93. The molecule has 26 heavy (non-hydrogen) atoms. The number of carbonyl (C=O) groups is 1. The summed E-state index contributed by atoms with van der Waals surface area (Å²) in [7, 11) is 0. The topological polar surface area (TPSA) is 76.4 Å². The van der Waals surface area contributed by atoms with E-state index in [1.165, 1.54) is 0 Å². The van der Waals surface area contributed by atoms with E-state index in [0.29, 0.717) is 17.2 Å². The summed E-state index contributed by atoms with van der Waals surface area (Å²) in [6, 6.07) is 13.9. The number of carboxylic acids is 1. The Kier molecular flexibility index (Phi) is 5.13. The lowest BCUT2D eigenvalue weighted by atomic mass is 10.00. The number of aryl methyl sites for hydroxylation is 2. The SMILES string of the molecule is Cc1cc(C)c(C(=O)O)cc1NC1CCN(c2cccc(C#N)c2)CC1. The summed E-state index contributed by atoms with van der Waals surface area (Å²) in [5.74, 6) is -0.891. The maximum atomic E-state index is 11.4. The molecule has 3 rings (SSSR count). The van der Waals surface area contributed by atoms with Gasteiger partial charge in [-0.25, -0.2) is 4.79 Å². The molecule has 0 atom stereocenters. The highest BCUT2D eigenvalue weighted by atomic mass is 16.4. The van der Waals surface area contributed by atoms with Crippen molar-refractivity contribution in [3.05, 3.63) is 58.7 Å². The van der Waals surface area contributed by atoms with E-state index >= 15 is 0 Å². The van der Waals surface area contributed by atoms with E-state index in [4.69, 9.17) is 5.26 Å². The van der Waals surface area contributed by atoms with E-state index in [9.17, 15) is 9.90 Å². The Morgan fingerprint density at radius 1 is 1.19 bits per heavy atom. The van der Waals surface area contributed by atoms with Gasteiger partial charge in [-0.2, -0.15) is 5.26 Å². The standard InChI is InChI=1S/C21H23N3O2/c1-14-10-15(2)20(12-19(14)21(25)26)23-17-6-8-24(9-7-17)18-5-3-4-16(11-18)13-22/h3-5,10-12,17,23H,6-9H2,1-2H3,(H,25,26). The van der Waals surface area contributed by atoms with Gasteiger partial charge in [0, 0.05) is 30.5 Å². The van der Waals surface area contributed by atoms with Gasteiger partial charge in [0.1, 0.15) is 0 Å². The van der Waals surface area contributed by atoms with Crippen LogP contribution < -0.4 is 10.2 Å². The summed E-state index contributed by atoms with van der Waals surface area (Å²) >= 11 is 0. The number of nitrogens with zero attached hydrogens (tertiary/aromatic N) is 2. The van der Waals surface area contributed by atoms with Gasteiger partial charge in [-0.05, 0) is 62.1 Å². The monoisotopic (exact) mass is 349 g/mol. The van der Waals surface area contributed by atoms with Crippen LogP contribution in [0.25, 0.3) is 0 Å². The molecular formula is C21H23N3O2. The Balaban J connectivity index is 1.67. The molecule has 0 spiro atoms. The van der Waals surface area contributed by atoms with Crippen molar-refractivity contribution in [3.8, 4) is 6.07 Å². The summed E-state index contributed by atoms with van der Waals surface area (Å²) in [6.45, 7) is 5.64. The van der Waals surface area contributed by atoms with Crippen LogP contribution in [0.2, 0.25) is 0 Å². The van der Waals surface area contributed by atoms with Crippen molar-refractivity contribution >= 4 is 17.3 Å². The molecule has 1 fully saturated rings. The molecule has 0 bridgehead atoms. The molecule has 5 nitrogen and oxygen atoms in total. The van der Waals surface area contributed by atoms with Gasteiger partial charge in [0.25, 0.3) is 0 Å². The number of rotatable bonds is 4. The van der Waals surface area contributed by atoms with Gasteiger partial charge in [0.05, 0.1) is 17.2 Å². The van der Waals surface area contributed by atoms with Gasteiger partial charge in [0.2, 0.25) is 0 Å². The molecule has 1 heterocycles. The number of hydrogen-bond donors (Lipinski definition) is 2. The number of nitriles is 1. The first-order chi connectivity index (χ1) is 12.5. The molecule has 1 saturated heterocycles. The summed E-state index contributed by atoms with van der Waals surface area (Å²) in [4.78, 5) is 13.7. The molecule has 0 amide bonds. The predicted molar refractivity (Wildman–Crippen MR) is 103 cm³/mol. The van der Waals surface area contributed by atoms with E-state index in [2.05, 4.69) is 16.3 Å². The van der Waals surface area contributed by atoms with E-state index < -0.39 is 5.97 Å². The van der Waals surface area contributed by atoms with Crippen LogP contribution in [0.3, 0.4) is 0 Å². The van der Waals surface area contributed by atoms with E-state index in [1.807, 2.05) is 44.2 Å². The van der Waals surface area contributed by atoms with Crippen molar-refractivity contribution in [2.24, 2.45) is 0 Å². The molecule has 0 aromatic heterocycles. The fourth-order valence-corrected chi connectivity index (χ4v) is 3.51. The Bertz CT molecular complexity index is 862. The summed E-state index contributed by atoms with van der Waals surface area (Å²) < 4.78 is 0. The third kappa shape index (κ3) is 3.80. The first kappa shape index (κ1) is 17.8. The second-order valence-corrected chi connectivity index (χ2v) is 6.85. The normalized spacial score (nSPS) is 14.7. The maximum Gasteiger partial charge on any atom is 0.336 e. The zero-order chi connectivity index (χ0) is 18.7. The minimum Gasteiger partial charge on any atom is -0.478 e. The van der Waals surface area contributed by atoms with Crippen LogP contribution >= 0.6 is 0 Å². The van der Waals surface area contributed by atoms with Crippen LogP contribution in [0.1, 0.15) is 39.9 Å². The van der Waals surface area contributed by atoms with Gasteiger partial charge in [-0.1, -0.05) is 12.1 Å². The Morgan fingerprint density at radius 2 is 1.92 bits per heavy atom. The van der Waals surface area contributed by atoms with Gasteiger partial charge < -0.3 is 15.3 Å². The molecule has 2 aromatic carbocycles. The molecule has 134 valence electrons. The van der Waals surface area contributed by atoms with Crippen LogP contribution in [0, 0.1) is 25.2 Å². The highest BCUT2D eigenvalue weighted by Gasteiger charge is 2.21. The fraction of sp³-hybridized carbons (Fsp3) is 0.333. The fourth-order valence-electron chi connectivity index (χ4n) is 3.51. The second kappa shape index (κ2) is 7.49. The molecule has 0 radical (unpaired) electrons. The zero-order valence-electron chi connectivity index (χ0n) is 15.1. The number of aromatic carboxylic acids is 1. The van der Waals surface area contributed by atoms with Crippen LogP contribution in [-0.2, 0) is 0 Å². The van der Waals surface area contributed by atoms with Crippen LogP contribution in [0.5, 0.6) is 0 Å². The summed E-state index contributed by atoms with van der Waals surface area (Å²) in [5.41, 5.74) is 4.87. The van der Waals surface area contributed by atoms with Gasteiger partial charge in [-0.15, -0.1) is 0 Å². The largest absolute Gasteiger partial charge is 0.478 e. The van der Waals surface area contributed by atoms with Crippen molar-refractivity contribution in [2.45, 2.75) is 32.7 Å². The number of piperidine rings is 1. The van der Waals surface area contributed by atoms with Gasteiger partial charge >= 0.3 is 5.97 Å². The highest BCUT2D eigenvalue weighted by Crippen LogP contribution is 2.26. The lowest BCUT2D eigenvalue weighted by molar-refractivity contribution is 0.0696. The number of carboxylic acid groups (broad SMARTS) is 1. The molecule has 2 N–H and O–H groups in total. The van der Waals surface area contributed by atoms with Crippen molar-refractivity contribution < 1.29 is 9.90 Å². The quantitative estimate of drug-likeness (QED) is 0.874. The minimum absolute atomic E-state index is 0.313. The van der Waals surface area contributed by atoms with Crippen molar-refractivity contribution in [1.82, 2.24) is 0 Å². The smallest absolute Gasteiger partial charge is 0.336 e. The van der Waals surface area contributed by atoms with Crippen LogP contribution in [0.15, 0.2) is 36.4 Å². The lowest BCUT2D eigenvalue weighted by Gasteiger charge is -2.34. The average molecular weight is 349 g/mol. The number of hydrogen-bond acceptors (Lipinski definition) is 4. The third-order valence-corrected chi connectivity index (χ3v) is 5.00. The zero-order valence-corrected chi connectivity index (χ0v) is 15.1. The van der Waals surface area contributed by atoms with Crippen LogP contribution in [-0.4, -0.2) is 30.2 Å².